The fraction of sp³-hybridized carbons (Fsp3) is 0.625. The first-order valence-corrected chi connectivity index (χ1v) is 7.31. The van der Waals surface area contributed by atoms with E-state index in [1.54, 1.807) is 7.11 Å². The number of nitrogens with two attached hydrogens (primary N) is 1. The van der Waals surface area contributed by atoms with Crippen LogP contribution in [-0.2, 0) is 17.7 Å². The molecular weight excluding hydrogens is 236 g/mol. The zero-order valence-electron chi connectivity index (χ0n) is 12.1. The first kappa shape index (κ1) is 14.5. The van der Waals surface area contributed by atoms with Gasteiger partial charge in [-0.25, -0.2) is 0 Å². The number of methoxy groups -OCH3 is 1. The van der Waals surface area contributed by atoms with Crippen molar-refractivity contribution in [3.8, 4) is 0 Å². The first-order valence-electron chi connectivity index (χ1n) is 7.31. The summed E-state index contributed by atoms with van der Waals surface area (Å²) in [5, 5.41) is 0. The van der Waals surface area contributed by atoms with Crippen LogP contribution in [0, 0.1) is 0 Å². The van der Waals surface area contributed by atoms with E-state index in [-0.39, 0.29) is 0 Å². The largest absolute Gasteiger partial charge is 0.381 e. The molecule has 3 heteroatoms. The molecule has 1 saturated heterocycles. The van der Waals surface area contributed by atoms with Crippen molar-refractivity contribution in [2.45, 2.75) is 44.9 Å². The van der Waals surface area contributed by atoms with Crippen molar-refractivity contribution < 1.29 is 4.74 Å². The van der Waals surface area contributed by atoms with E-state index >= 15 is 0 Å². The quantitative estimate of drug-likeness (QED) is 0.884. The molecule has 2 unspecified atom stereocenters. The Labute approximate surface area is 116 Å². The Morgan fingerprint density at radius 2 is 1.95 bits per heavy atom. The highest BCUT2D eigenvalue weighted by atomic mass is 16.5. The predicted octanol–water partition coefficient (Wildman–Crippen LogP) is 2.19. The number of aryl methyl sites for hydroxylation is 1. The fourth-order valence-electron chi connectivity index (χ4n) is 2.85. The molecule has 2 N–H and O–H groups in total. The molecule has 0 amide bonds. The predicted molar refractivity (Wildman–Crippen MR) is 79.1 cm³/mol. The summed E-state index contributed by atoms with van der Waals surface area (Å²) in [4.78, 5) is 2.50. The topological polar surface area (TPSA) is 38.5 Å². The maximum absolute atomic E-state index is 5.91. The van der Waals surface area contributed by atoms with Crippen LogP contribution >= 0.6 is 0 Å². The van der Waals surface area contributed by atoms with Crippen molar-refractivity contribution in [1.82, 2.24) is 4.90 Å². The monoisotopic (exact) mass is 262 g/mol. The molecule has 0 bridgehead atoms. The van der Waals surface area contributed by atoms with Gasteiger partial charge in [0.1, 0.15) is 0 Å². The van der Waals surface area contributed by atoms with Crippen molar-refractivity contribution in [2.75, 3.05) is 20.2 Å². The maximum Gasteiger partial charge on any atom is 0.0599 e. The number of rotatable bonds is 5. The van der Waals surface area contributed by atoms with E-state index < -0.39 is 0 Å². The Bertz CT molecular complexity index is 377. The highest BCUT2D eigenvalue weighted by Gasteiger charge is 2.27. The summed E-state index contributed by atoms with van der Waals surface area (Å²) in [6, 6.07) is 9.40. The molecular formula is C16H26N2O. The van der Waals surface area contributed by atoms with Crippen LogP contribution in [0.1, 0.15) is 30.9 Å². The van der Waals surface area contributed by atoms with Crippen LogP contribution in [0.4, 0.5) is 0 Å². The van der Waals surface area contributed by atoms with E-state index in [1.165, 1.54) is 11.1 Å². The van der Waals surface area contributed by atoms with E-state index in [4.69, 9.17) is 10.5 Å². The van der Waals surface area contributed by atoms with Crippen molar-refractivity contribution in [1.29, 1.82) is 0 Å². The number of nitrogens with zero attached hydrogens (tertiary/aromatic N) is 1. The van der Waals surface area contributed by atoms with Crippen LogP contribution in [-0.4, -0.2) is 37.2 Å². The van der Waals surface area contributed by atoms with E-state index in [0.29, 0.717) is 18.7 Å². The Hall–Kier alpha value is -0.900. The summed E-state index contributed by atoms with van der Waals surface area (Å²) in [6.45, 7) is 4.99. The molecule has 0 aliphatic carbocycles. The Morgan fingerprint density at radius 3 is 2.53 bits per heavy atom. The minimum absolute atomic E-state index is 0.382. The van der Waals surface area contributed by atoms with Crippen molar-refractivity contribution >= 4 is 0 Å². The summed E-state index contributed by atoms with van der Waals surface area (Å²) in [5.41, 5.74) is 8.69. The molecule has 0 saturated carbocycles. The minimum atomic E-state index is 0.382. The number of hydrogen-bond donors (Lipinski definition) is 1. The summed E-state index contributed by atoms with van der Waals surface area (Å²) in [7, 11) is 1.80. The third kappa shape index (κ3) is 3.78. The normalized spacial score (nSPS) is 24.6. The highest BCUT2D eigenvalue weighted by molar-refractivity contribution is 5.22. The van der Waals surface area contributed by atoms with Crippen molar-refractivity contribution in [2.24, 2.45) is 5.73 Å². The highest BCUT2D eigenvalue weighted by Crippen LogP contribution is 2.21. The third-order valence-corrected chi connectivity index (χ3v) is 4.21. The molecule has 2 rings (SSSR count). The molecule has 0 spiro atoms. The Kier molecular flexibility index (Phi) is 5.37. The fourth-order valence-corrected chi connectivity index (χ4v) is 2.85. The molecule has 1 heterocycles. The van der Waals surface area contributed by atoms with Gasteiger partial charge in [-0.2, -0.15) is 0 Å². The summed E-state index contributed by atoms with van der Waals surface area (Å²) in [6.07, 6.45) is 3.65. The van der Waals surface area contributed by atoms with Crippen LogP contribution in [0.5, 0.6) is 0 Å². The van der Waals surface area contributed by atoms with E-state index in [0.717, 1.165) is 32.4 Å². The minimum Gasteiger partial charge on any atom is -0.381 e. The second-order valence-corrected chi connectivity index (χ2v) is 5.41. The average molecular weight is 262 g/mol. The number of benzene rings is 1. The molecule has 1 aromatic carbocycles. The zero-order valence-corrected chi connectivity index (χ0v) is 12.1. The molecule has 19 heavy (non-hydrogen) atoms. The number of likely N-dealkylation sites (tertiary alicyclic amines) is 1. The van der Waals surface area contributed by atoms with Gasteiger partial charge in [0, 0.05) is 32.8 Å². The van der Waals surface area contributed by atoms with Crippen LogP contribution in [0.15, 0.2) is 24.3 Å². The van der Waals surface area contributed by atoms with Gasteiger partial charge < -0.3 is 10.5 Å². The number of hydrogen-bond acceptors (Lipinski definition) is 3. The number of ether oxygens (including phenoxy) is 1. The van der Waals surface area contributed by atoms with Crippen LogP contribution in [0.25, 0.3) is 0 Å². The standard InChI is InChI=1S/C16H26N2O/c1-3-13-4-6-14(7-5-13)12-18-9-8-16(19-2)10-15(18)11-17/h4-7,15-16H,3,8-12,17H2,1-2H3. The van der Waals surface area contributed by atoms with Gasteiger partial charge in [0.15, 0.2) is 0 Å². The van der Waals surface area contributed by atoms with E-state index in [2.05, 4.69) is 36.1 Å². The lowest BCUT2D eigenvalue weighted by Crippen LogP contribution is -2.47. The van der Waals surface area contributed by atoms with Crippen LogP contribution in [0.3, 0.4) is 0 Å². The molecule has 1 aliphatic heterocycles. The molecule has 106 valence electrons. The van der Waals surface area contributed by atoms with E-state index in [9.17, 15) is 0 Å². The molecule has 1 fully saturated rings. The van der Waals surface area contributed by atoms with Gasteiger partial charge in [-0.1, -0.05) is 31.2 Å². The second kappa shape index (κ2) is 7.04. The summed E-state index contributed by atoms with van der Waals surface area (Å²) in [5.74, 6) is 0. The zero-order chi connectivity index (χ0) is 13.7. The van der Waals surface area contributed by atoms with Gasteiger partial charge in [-0.3, -0.25) is 4.90 Å². The third-order valence-electron chi connectivity index (χ3n) is 4.21. The molecule has 0 aromatic heterocycles. The molecule has 1 aromatic rings. The molecule has 2 atom stereocenters. The second-order valence-electron chi connectivity index (χ2n) is 5.41. The van der Waals surface area contributed by atoms with Crippen LogP contribution in [0.2, 0.25) is 0 Å². The summed E-state index contributed by atoms with van der Waals surface area (Å²) >= 11 is 0. The molecule has 3 nitrogen and oxygen atoms in total. The SMILES string of the molecule is CCc1ccc(CN2CCC(OC)CC2CN)cc1. The lowest BCUT2D eigenvalue weighted by atomic mass is 9.98. The van der Waals surface area contributed by atoms with Gasteiger partial charge in [0.25, 0.3) is 0 Å². The van der Waals surface area contributed by atoms with Crippen LogP contribution < -0.4 is 5.73 Å². The maximum atomic E-state index is 5.91. The molecule has 0 radical (unpaired) electrons. The van der Waals surface area contributed by atoms with Gasteiger partial charge in [-0.05, 0) is 30.4 Å². The van der Waals surface area contributed by atoms with Gasteiger partial charge in [0.05, 0.1) is 6.10 Å². The van der Waals surface area contributed by atoms with Gasteiger partial charge in [-0.15, -0.1) is 0 Å². The Morgan fingerprint density at radius 1 is 1.26 bits per heavy atom. The first-order chi connectivity index (χ1) is 9.26. The van der Waals surface area contributed by atoms with Crippen molar-refractivity contribution in [3.05, 3.63) is 35.4 Å². The lowest BCUT2D eigenvalue weighted by Gasteiger charge is -2.38. The van der Waals surface area contributed by atoms with E-state index in [1.807, 2.05) is 0 Å². The van der Waals surface area contributed by atoms with Crippen molar-refractivity contribution in [3.63, 3.8) is 0 Å². The number of piperidine rings is 1. The van der Waals surface area contributed by atoms with Gasteiger partial charge >= 0.3 is 0 Å². The smallest absolute Gasteiger partial charge is 0.0599 e. The molecule has 1 aliphatic rings. The summed E-state index contributed by atoms with van der Waals surface area (Å²) < 4.78 is 5.47. The lowest BCUT2D eigenvalue weighted by molar-refractivity contribution is 0.0102. The average Bonchev–Trinajstić information content (AvgIpc) is 2.48. The Balaban J connectivity index is 1.96. The van der Waals surface area contributed by atoms with Gasteiger partial charge in [0.2, 0.25) is 0 Å².